The van der Waals surface area contributed by atoms with Crippen LogP contribution >= 0.6 is 11.6 Å². The zero-order valence-corrected chi connectivity index (χ0v) is 18.3. The predicted octanol–water partition coefficient (Wildman–Crippen LogP) is 3.27. The zero-order valence-electron chi connectivity index (χ0n) is 17.5. The lowest BCUT2D eigenvalue weighted by molar-refractivity contribution is -0.123. The van der Waals surface area contributed by atoms with Crippen LogP contribution in [0, 0.1) is 18.3 Å². The van der Waals surface area contributed by atoms with Gasteiger partial charge in [-0.25, -0.2) is 5.43 Å². The molecule has 2 aromatic rings. The van der Waals surface area contributed by atoms with Crippen molar-refractivity contribution in [3.8, 4) is 23.8 Å². The number of hydrogen-bond acceptors (Lipinski definition) is 5. The molecule has 2 rings (SSSR count). The highest BCUT2D eigenvalue weighted by Crippen LogP contribution is 2.27. The van der Waals surface area contributed by atoms with Crippen LogP contribution in [0.5, 0.6) is 11.5 Å². The van der Waals surface area contributed by atoms with E-state index in [1.165, 1.54) is 13.3 Å². The van der Waals surface area contributed by atoms with Crippen molar-refractivity contribution in [3.63, 3.8) is 0 Å². The van der Waals surface area contributed by atoms with E-state index in [1.54, 1.807) is 42.5 Å². The second-order valence-corrected chi connectivity index (χ2v) is 7.22. The summed E-state index contributed by atoms with van der Waals surface area (Å²) < 4.78 is 10.7. The lowest BCUT2D eigenvalue weighted by atomic mass is 10.0. The quantitative estimate of drug-likeness (QED) is 0.355. The number of nitrogens with zero attached hydrogens (tertiary/aromatic N) is 1. The summed E-state index contributed by atoms with van der Waals surface area (Å²) in [4.78, 5) is 25.1. The molecule has 0 aromatic heterocycles. The van der Waals surface area contributed by atoms with Crippen molar-refractivity contribution in [1.29, 1.82) is 0 Å². The number of carbonyl (C=O) groups excluding carboxylic acids is 2. The summed E-state index contributed by atoms with van der Waals surface area (Å²) in [6, 6.07) is 11.0. The van der Waals surface area contributed by atoms with Crippen molar-refractivity contribution in [2.24, 2.45) is 11.0 Å². The van der Waals surface area contributed by atoms with Crippen LogP contribution in [-0.4, -0.2) is 37.8 Å². The molecule has 2 N–H and O–H groups in total. The fraction of sp³-hybridized carbons (Fsp3) is 0.261. The van der Waals surface area contributed by atoms with Gasteiger partial charge in [-0.2, -0.15) is 5.10 Å². The highest BCUT2D eigenvalue weighted by atomic mass is 35.5. The first-order chi connectivity index (χ1) is 14.9. The summed E-state index contributed by atoms with van der Waals surface area (Å²) in [5.41, 5.74) is 3.42. The Morgan fingerprint density at radius 2 is 1.97 bits per heavy atom. The Morgan fingerprint density at radius 3 is 2.61 bits per heavy atom. The third-order valence-corrected chi connectivity index (χ3v) is 4.57. The minimum absolute atomic E-state index is 0.121. The zero-order chi connectivity index (χ0) is 22.8. The van der Waals surface area contributed by atoms with Crippen LogP contribution in [0.15, 0.2) is 47.6 Å². The molecule has 7 nitrogen and oxygen atoms in total. The second-order valence-electron chi connectivity index (χ2n) is 6.81. The SMILES string of the molecule is C#CCOc1ccc(C=NNC(=O)C(NC(=O)c2ccccc2Cl)C(C)C)cc1OC. The van der Waals surface area contributed by atoms with Gasteiger partial charge >= 0.3 is 0 Å². The number of benzene rings is 2. The van der Waals surface area contributed by atoms with Crippen molar-refractivity contribution < 1.29 is 19.1 Å². The van der Waals surface area contributed by atoms with Crippen LogP contribution in [-0.2, 0) is 4.79 Å². The van der Waals surface area contributed by atoms with Crippen molar-refractivity contribution in [1.82, 2.24) is 10.7 Å². The number of hydrogen-bond donors (Lipinski definition) is 2. The Hall–Kier alpha value is -3.50. The van der Waals surface area contributed by atoms with Gasteiger partial charge in [-0.05, 0) is 41.8 Å². The molecule has 0 fully saturated rings. The minimum Gasteiger partial charge on any atom is -0.493 e. The first-order valence-electron chi connectivity index (χ1n) is 9.50. The van der Waals surface area contributed by atoms with E-state index < -0.39 is 17.9 Å². The number of ether oxygens (including phenoxy) is 2. The lowest BCUT2D eigenvalue weighted by Crippen LogP contribution is -2.48. The maximum absolute atomic E-state index is 12.6. The summed E-state index contributed by atoms with van der Waals surface area (Å²) in [5, 5.41) is 6.99. The highest BCUT2D eigenvalue weighted by Gasteiger charge is 2.25. The maximum atomic E-state index is 12.6. The molecule has 0 bridgehead atoms. The number of halogens is 1. The second kappa shape index (κ2) is 11.6. The average molecular weight is 442 g/mol. The summed E-state index contributed by atoms with van der Waals surface area (Å²) in [6.07, 6.45) is 6.65. The van der Waals surface area contributed by atoms with E-state index in [1.807, 2.05) is 13.8 Å². The fourth-order valence-corrected chi connectivity index (χ4v) is 2.86. The Morgan fingerprint density at radius 1 is 1.23 bits per heavy atom. The molecule has 8 heteroatoms. The number of amides is 2. The number of carbonyl (C=O) groups is 2. The van der Waals surface area contributed by atoms with Crippen molar-refractivity contribution in [3.05, 3.63) is 58.6 Å². The molecule has 1 unspecified atom stereocenters. The Balaban J connectivity index is 2.04. The van der Waals surface area contributed by atoms with Crippen molar-refractivity contribution in [2.45, 2.75) is 19.9 Å². The molecule has 0 saturated carbocycles. The van der Waals surface area contributed by atoms with E-state index >= 15 is 0 Å². The molecular formula is C23H24ClN3O4. The Bertz CT molecular complexity index is 999. The van der Waals surface area contributed by atoms with Crippen molar-refractivity contribution >= 4 is 29.6 Å². The van der Waals surface area contributed by atoms with Crippen LogP contribution in [0.2, 0.25) is 5.02 Å². The fourth-order valence-electron chi connectivity index (χ4n) is 2.64. The average Bonchev–Trinajstić information content (AvgIpc) is 2.76. The van der Waals surface area contributed by atoms with Gasteiger partial charge in [-0.1, -0.05) is 43.5 Å². The van der Waals surface area contributed by atoms with Crippen LogP contribution in [0.1, 0.15) is 29.8 Å². The maximum Gasteiger partial charge on any atom is 0.262 e. The van der Waals surface area contributed by atoms with Gasteiger partial charge in [0.2, 0.25) is 0 Å². The van der Waals surface area contributed by atoms with Crippen LogP contribution < -0.4 is 20.2 Å². The van der Waals surface area contributed by atoms with E-state index in [-0.39, 0.29) is 12.5 Å². The molecule has 0 aliphatic rings. The van der Waals surface area contributed by atoms with Gasteiger partial charge in [-0.3, -0.25) is 9.59 Å². The van der Waals surface area contributed by atoms with Gasteiger partial charge in [0.05, 0.1) is 23.9 Å². The molecule has 162 valence electrons. The van der Waals surface area contributed by atoms with Gasteiger partial charge in [0, 0.05) is 0 Å². The number of terminal acetylenes is 1. The van der Waals surface area contributed by atoms with E-state index in [0.717, 1.165) is 0 Å². The van der Waals surface area contributed by atoms with E-state index in [0.29, 0.717) is 27.6 Å². The van der Waals surface area contributed by atoms with E-state index in [2.05, 4.69) is 21.8 Å². The summed E-state index contributed by atoms with van der Waals surface area (Å²) in [7, 11) is 1.51. The number of methoxy groups -OCH3 is 1. The summed E-state index contributed by atoms with van der Waals surface area (Å²) in [5.74, 6) is 2.32. The molecule has 0 aliphatic carbocycles. The molecule has 1 atom stereocenters. The molecule has 0 heterocycles. The normalized spacial score (nSPS) is 11.6. The third-order valence-electron chi connectivity index (χ3n) is 4.24. The molecule has 0 aliphatic heterocycles. The summed E-state index contributed by atoms with van der Waals surface area (Å²) in [6.45, 7) is 3.76. The topological polar surface area (TPSA) is 89.0 Å². The van der Waals surface area contributed by atoms with Gasteiger partial charge in [-0.15, -0.1) is 6.42 Å². The van der Waals surface area contributed by atoms with Crippen LogP contribution in [0.4, 0.5) is 0 Å². The number of hydrazone groups is 1. The Kier molecular flexibility index (Phi) is 8.92. The van der Waals surface area contributed by atoms with Crippen LogP contribution in [0.25, 0.3) is 0 Å². The summed E-state index contributed by atoms with van der Waals surface area (Å²) >= 11 is 6.06. The molecule has 2 aromatic carbocycles. The molecular weight excluding hydrogens is 418 g/mol. The molecule has 0 spiro atoms. The van der Waals surface area contributed by atoms with Crippen LogP contribution in [0.3, 0.4) is 0 Å². The van der Waals surface area contributed by atoms with E-state index in [9.17, 15) is 9.59 Å². The molecule has 0 radical (unpaired) electrons. The molecule has 2 amide bonds. The standard InChI is InChI=1S/C23H24ClN3O4/c1-5-12-31-19-11-10-16(13-20(19)30-4)14-25-27-23(29)21(15(2)3)26-22(28)17-8-6-7-9-18(17)24/h1,6-11,13-15,21H,12H2,2-4H3,(H,26,28)(H,27,29). The Labute approximate surface area is 186 Å². The lowest BCUT2D eigenvalue weighted by Gasteiger charge is -2.20. The first kappa shape index (κ1) is 23.8. The number of rotatable bonds is 9. The smallest absolute Gasteiger partial charge is 0.262 e. The van der Waals surface area contributed by atoms with Gasteiger partial charge in [0.25, 0.3) is 11.8 Å². The third kappa shape index (κ3) is 6.76. The molecule has 31 heavy (non-hydrogen) atoms. The molecule has 0 saturated heterocycles. The largest absolute Gasteiger partial charge is 0.493 e. The van der Waals surface area contributed by atoms with Gasteiger partial charge in [0.15, 0.2) is 11.5 Å². The van der Waals surface area contributed by atoms with E-state index in [4.69, 9.17) is 27.5 Å². The minimum atomic E-state index is -0.796. The first-order valence-corrected chi connectivity index (χ1v) is 9.87. The highest BCUT2D eigenvalue weighted by molar-refractivity contribution is 6.33. The number of nitrogens with one attached hydrogen (secondary N) is 2. The van der Waals surface area contributed by atoms with Crippen molar-refractivity contribution in [2.75, 3.05) is 13.7 Å². The van der Waals surface area contributed by atoms with Gasteiger partial charge in [0.1, 0.15) is 12.6 Å². The predicted molar refractivity (Wildman–Crippen MR) is 121 cm³/mol. The van der Waals surface area contributed by atoms with Gasteiger partial charge < -0.3 is 14.8 Å². The monoisotopic (exact) mass is 441 g/mol.